The van der Waals surface area contributed by atoms with E-state index in [0.29, 0.717) is 18.8 Å². The van der Waals surface area contributed by atoms with Gasteiger partial charge in [0.2, 0.25) is 0 Å². The van der Waals surface area contributed by atoms with Crippen molar-refractivity contribution in [1.29, 1.82) is 0 Å². The summed E-state index contributed by atoms with van der Waals surface area (Å²) in [7, 11) is 1.95. The Morgan fingerprint density at radius 1 is 1.19 bits per heavy atom. The number of nitrogens with zero attached hydrogens (tertiary/aromatic N) is 1. The van der Waals surface area contributed by atoms with Crippen LogP contribution in [0.4, 0.5) is 0 Å². The van der Waals surface area contributed by atoms with E-state index in [1.165, 1.54) is 24.8 Å². The second kappa shape index (κ2) is 8.40. The summed E-state index contributed by atoms with van der Waals surface area (Å²) in [5.74, 6) is 0.341. The lowest BCUT2D eigenvalue weighted by Gasteiger charge is -2.27. The number of hydrogen-bond acceptors (Lipinski definition) is 3. The van der Waals surface area contributed by atoms with Crippen molar-refractivity contribution in [2.24, 2.45) is 0 Å². The molecule has 1 aromatic carbocycles. The van der Waals surface area contributed by atoms with Gasteiger partial charge in [0, 0.05) is 18.7 Å². The van der Waals surface area contributed by atoms with Crippen molar-refractivity contribution in [3.63, 3.8) is 0 Å². The predicted octanol–water partition coefficient (Wildman–Crippen LogP) is 3.67. The molecule has 0 aliphatic carbocycles. The van der Waals surface area contributed by atoms with Gasteiger partial charge in [0.1, 0.15) is 5.75 Å². The van der Waals surface area contributed by atoms with E-state index in [9.17, 15) is 5.11 Å². The maximum atomic E-state index is 10.0. The first-order valence-corrected chi connectivity index (χ1v) is 8.02. The lowest BCUT2D eigenvalue weighted by atomic mass is 9.79. The number of hydrogen-bond donors (Lipinski definition) is 2. The monoisotopic (exact) mass is 293 g/mol. The third kappa shape index (κ3) is 5.68. The Balaban J connectivity index is 2.84. The van der Waals surface area contributed by atoms with Crippen molar-refractivity contribution in [1.82, 2.24) is 4.90 Å². The molecule has 0 radical (unpaired) electrons. The molecule has 0 unspecified atom stereocenters. The zero-order valence-electron chi connectivity index (χ0n) is 14.0. The standard InChI is InChI=1S/C18H31NO2/c1-5-6-7-10-18(2,3)16-8-9-17(21)15(13-16)14-19(4)11-12-20/h8-9,13,20-21H,5-7,10-12,14H2,1-4H3. The molecule has 21 heavy (non-hydrogen) atoms. The van der Waals surface area contributed by atoms with Gasteiger partial charge in [-0.3, -0.25) is 4.90 Å². The topological polar surface area (TPSA) is 43.7 Å². The first-order valence-electron chi connectivity index (χ1n) is 8.02. The van der Waals surface area contributed by atoms with Crippen molar-refractivity contribution in [2.75, 3.05) is 20.2 Å². The van der Waals surface area contributed by atoms with Crippen LogP contribution in [0.2, 0.25) is 0 Å². The number of aromatic hydroxyl groups is 1. The molecule has 1 aromatic rings. The highest BCUT2D eigenvalue weighted by Gasteiger charge is 2.21. The van der Waals surface area contributed by atoms with E-state index < -0.39 is 0 Å². The lowest BCUT2D eigenvalue weighted by Crippen LogP contribution is -2.22. The van der Waals surface area contributed by atoms with Crippen LogP contribution in [0.3, 0.4) is 0 Å². The number of aliphatic hydroxyl groups excluding tert-OH is 1. The van der Waals surface area contributed by atoms with Crippen LogP contribution >= 0.6 is 0 Å². The molecular formula is C18H31NO2. The highest BCUT2D eigenvalue weighted by Crippen LogP contribution is 2.32. The molecule has 0 saturated heterocycles. The van der Waals surface area contributed by atoms with Gasteiger partial charge in [-0.05, 0) is 30.5 Å². The first kappa shape index (κ1) is 18.0. The fourth-order valence-corrected chi connectivity index (χ4v) is 2.63. The molecule has 0 aliphatic rings. The lowest BCUT2D eigenvalue weighted by molar-refractivity contribution is 0.216. The number of likely N-dealkylation sites (N-methyl/N-ethyl adjacent to an activating group) is 1. The molecule has 0 spiro atoms. The van der Waals surface area contributed by atoms with Gasteiger partial charge in [-0.2, -0.15) is 0 Å². The number of rotatable bonds is 9. The van der Waals surface area contributed by atoms with Crippen LogP contribution in [0, 0.1) is 0 Å². The van der Waals surface area contributed by atoms with Crippen molar-refractivity contribution in [3.8, 4) is 5.75 Å². The second-order valence-corrected chi connectivity index (χ2v) is 6.65. The summed E-state index contributed by atoms with van der Waals surface area (Å²) < 4.78 is 0. The molecule has 3 heteroatoms. The zero-order chi connectivity index (χ0) is 15.9. The molecule has 0 bridgehead atoms. The van der Waals surface area contributed by atoms with Crippen molar-refractivity contribution >= 4 is 0 Å². The fraction of sp³-hybridized carbons (Fsp3) is 0.667. The highest BCUT2D eigenvalue weighted by atomic mass is 16.3. The minimum atomic E-state index is 0.132. The number of phenolic OH excluding ortho intramolecular Hbond substituents is 1. The molecule has 1 rings (SSSR count). The van der Waals surface area contributed by atoms with Crippen LogP contribution in [0.1, 0.15) is 57.6 Å². The van der Waals surface area contributed by atoms with Gasteiger partial charge >= 0.3 is 0 Å². The number of aliphatic hydroxyl groups is 1. The van der Waals surface area contributed by atoms with Gasteiger partial charge in [0.15, 0.2) is 0 Å². The molecule has 0 aliphatic heterocycles. The third-order valence-corrected chi connectivity index (χ3v) is 4.19. The van der Waals surface area contributed by atoms with Crippen molar-refractivity contribution in [2.45, 2.75) is 58.4 Å². The molecule has 0 aromatic heterocycles. The third-order valence-electron chi connectivity index (χ3n) is 4.19. The molecule has 120 valence electrons. The summed E-state index contributed by atoms with van der Waals surface area (Å²) in [6, 6.07) is 5.96. The Hall–Kier alpha value is -1.06. The molecule has 0 heterocycles. The normalized spacial score (nSPS) is 12.1. The summed E-state index contributed by atoms with van der Waals surface area (Å²) in [6.45, 7) is 8.18. The van der Waals surface area contributed by atoms with E-state index in [0.717, 1.165) is 12.0 Å². The van der Waals surface area contributed by atoms with Crippen LogP contribution in [-0.2, 0) is 12.0 Å². The van der Waals surface area contributed by atoms with Crippen LogP contribution in [0.5, 0.6) is 5.75 Å². The predicted molar refractivity (Wildman–Crippen MR) is 88.7 cm³/mol. The minimum absolute atomic E-state index is 0.132. The average Bonchev–Trinajstić information content (AvgIpc) is 2.41. The van der Waals surface area contributed by atoms with Crippen LogP contribution < -0.4 is 0 Å². The molecular weight excluding hydrogens is 262 g/mol. The Bertz CT molecular complexity index is 429. The van der Waals surface area contributed by atoms with E-state index in [-0.39, 0.29) is 12.0 Å². The Labute approximate surface area is 129 Å². The van der Waals surface area contributed by atoms with E-state index in [2.05, 4.69) is 26.8 Å². The number of phenols is 1. The summed E-state index contributed by atoms with van der Waals surface area (Å²) in [4.78, 5) is 2.02. The van der Waals surface area contributed by atoms with E-state index in [1.807, 2.05) is 18.0 Å². The zero-order valence-corrected chi connectivity index (χ0v) is 14.0. The summed E-state index contributed by atoms with van der Waals surface area (Å²) in [6.07, 6.45) is 4.91. The first-order chi connectivity index (χ1) is 9.90. The summed E-state index contributed by atoms with van der Waals surface area (Å²) in [5.41, 5.74) is 2.35. The smallest absolute Gasteiger partial charge is 0.120 e. The molecule has 0 atom stereocenters. The highest BCUT2D eigenvalue weighted by molar-refractivity contribution is 5.39. The minimum Gasteiger partial charge on any atom is -0.508 e. The number of unbranched alkanes of at least 4 members (excludes halogenated alkanes) is 2. The SMILES string of the molecule is CCCCCC(C)(C)c1ccc(O)c(CN(C)CCO)c1. The molecule has 2 N–H and O–H groups in total. The Morgan fingerprint density at radius 3 is 2.52 bits per heavy atom. The second-order valence-electron chi connectivity index (χ2n) is 6.65. The molecule has 3 nitrogen and oxygen atoms in total. The quantitative estimate of drug-likeness (QED) is 0.683. The van der Waals surface area contributed by atoms with Crippen LogP contribution in [0.25, 0.3) is 0 Å². The van der Waals surface area contributed by atoms with E-state index in [4.69, 9.17) is 5.11 Å². The molecule has 0 saturated carbocycles. The fourth-order valence-electron chi connectivity index (χ4n) is 2.63. The number of benzene rings is 1. The van der Waals surface area contributed by atoms with Crippen molar-refractivity contribution < 1.29 is 10.2 Å². The Kier molecular flexibility index (Phi) is 7.20. The molecule has 0 fully saturated rings. The van der Waals surface area contributed by atoms with Gasteiger partial charge in [-0.25, -0.2) is 0 Å². The van der Waals surface area contributed by atoms with E-state index in [1.54, 1.807) is 6.07 Å². The largest absolute Gasteiger partial charge is 0.508 e. The maximum Gasteiger partial charge on any atom is 0.120 e. The summed E-state index contributed by atoms with van der Waals surface area (Å²) >= 11 is 0. The van der Waals surface area contributed by atoms with Gasteiger partial charge in [-0.1, -0.05) is 52.2 Å². The van der Waals surface area contributed by atoms with Crippen molar-refractivity contribution in [3.05, 3.63) is 29.3 Å². The van der Waals surface area contributed by atoms with Gasteiger partial charge in [0.05, 0.1) is 6.61 Å². The van der Waals surface area contributed by atoms with E-state index >= 15 is 0 Å². The maximum absolute atomic E-state index is 10.0. The summed E-state index contributed by atoms with van der Waals surface area (Å²) in [5, 5.41) is 19.0. The Morgan fingerprint density at radius 2 is 1.90 bits per heavy atom. The van der Waals surface area contributed by atoms with Crippen LogP contribution in [-0.4, -0.2) is 35.3 Å². The van der Waals surface area contributed by atoms with Gasteiger partial charge < -0.3 is 10.2 Å². The van der Waals surface area contributed by atoms with Gasteiger partial charge in [-0.15, -0.1) is 0 Å². The van der Waals surface area contributed by atoms with Crippen LogP contribution in [0.15, 0.2) is 18.2 Å². The van der Waals surface area contributed by atoms with Gasteiger partial charge in [0.25, 0.3) is 0 Å². The molecule has 0 amide bonds. The average molecular weight is 293 g/mol.